The van der Waals surface area contributed by atoms with Gasteiger partial charge in [0, 0.05) is 17.3 Å². The molecule has 0 radical (unpaired) electrons. The molecule has 0 saturated heterocycles. The van der Waals surface area contributed by atoms with Crippen LogP contribution in [-0.4, -0.2) is 24.2 Å². The first kappa shape index (κ1) is 12.8. The third-order valence-corrected chi connectivity index (χ3v) is 2.95. The summed E-state index contributed by atoms with van der Waals surface area (Å²) in [6.45, 7) is 0.750. The van der Waals surface area contributed by atoms with Crippen molar-refractivity contribution in [2.75, 3.05) is 7.11 Å². The van der Waals surface area contributed by atoms with Crippen LogP contribution >= 0.6 is 0 Å². The molecule has 1 atom stereocenters. The molecule has 1 unspecified atom stereocenters. The van der Waals surface area contributed by atoms with Gasteiger partial charge in [0.25, 0.3) is 0 Å². The Morgan fingerprint density at radius 3 is 2.78 bits per heavy atom. The Bertz CT molecular complexity index is 501. The van der Waals surface area contributed by atoms with Crippen LogP contribution in [0.1, 0.15) is 28.5 Å². The zero-order chi connectivity index (χ0) is 13.6. The molecule has 98 valence electrons. The third kappa shape index (κ3) is 1.74. The van der Waals surface area contributed by atoms with E-state index in [1.54, 1.807) is 0 Å². The Morgan fingerprint density at radius 1 is 1.56 bits per heavy atom. The van der Waals surface area contributed by atoms with Crippen molar-refractivity contribution < 1.29 is 27.4 Å². The number of alkyl halides is 3. The van der Waals surface area contributed by atoms with Crippen LogP contribution in [-0.2, 0) is 21.7 Å². The number of esters is 1. The van der Waals surface area contributed by atoms with Crippen LogP contribution in [0.3, 0.4) is 0 Å². The molecule has 1 aliphatic rings. The molecule has 2 rings (SSSR count). The molecule has 4 nitrogen and oxygen atoms in total. The smallest absolute Gasteiger partial charge is 0.421 e. The predicted molar refractivity (Wildman–Crippen MR) is 53.8 cm³/mol. The molecule has 0 aromatic carbocycles. The van der Waals surface area contributed by atoms with E-state index in [-0.39, 0.29) is 17.9 Å². The van der Waals surface area contributed by atoms with Gasteiger partial charge in [-0.2, -0.15) is 13.2 Å². The van der Waals surface area contributed by atoms with Crippen LogP contribution in [0.5, 0.6) is 0 Å². The molecule has 1 aromatic heterocycles. The van der Waals surface area contributed by atoms with Crippen molar-refractivity contribution in [3.63, 3.8) is 0 Å². The Hall–Kier alpha value is -1.63. The molecule has 0 saturated carbocycles. The van der Waals surface area contributed by atoms with Crippen molar-refractivity contribution in [2.45, 2.75) is 25.3 Å². The van der Waals surface area contributed by atoms with E-state index in [1.165, 1.54) is 6.20 Å². The fraction of sp³-hybridized carbons (Fsp3) is 0.455. The van der Waals surface area contributed by atoms with Crippen molar-refractivity contribution in [3.05, 3.63) is 29.1 Å². The van der Waals surface area contributed by atoms with Crippen LogP contribution < -0.4 is 0 Å². The van der Waals surface area contributed by atoms with E-state index in [0.717, 1.165) is 20.1 Å². The van der Waals surface area contributed by atoms with Gasteiger partial charge in [0.05, 0.1) is 13.7 Å². The van der Waals surface area contributed by atoms with Crippen LogP contribution in [0.2, 0.25) is 0 Å². The molecule has 2 heterocycles. The number of hydrogen-bond acceptors (Lipinski definition) is 4. The lowest BCUT2D eigenvalue weighted by atomic mass is 9.94. The van der Waals surface area contributed by atoms with Gasteiger partial charge in [-0.05, 0) is 13.0 Å². The summed E-state index contributed by atoms with van der Waals surface area (Å²) in [5.74, 6) is -0.783. The minimum Gasteiger partial charge on any atom is -0.464 e. The maximum Gasteiger partial charge on any atom is 0.421 e. The molecule has 18 heavy (non-hydrogen) atoms. The topological polar surface area (TPSA) is 48.4 Å². The van der Waals surface area contributed by atoms with Gasteiger partial charge < -0.3 is 9.47 Å². The Morgan fingerprint density at radius 2 is 2.22 bits per heavy atom. The molecule has 0 bridgehead atoms. The van der Waals surface area contributed by atoms with Crippen LogP contribution in [0.4, 0.5) is 13.2 Å². The monoisotopic (exact) mass is 261 g/mol. The standard InChI is InChI=1S/C11H10F3NO3/c1-10(11(12,13)14)7-3-8(9(16)17-2)15-4-6(7)5-18-10/h3-4H,5H2,1-2H3. The number of aromatic nitrogens is 1. The van der Waals surface area contributed by atoms with E-state index in [4.69, 9.17) is 4.74 Å². The Kier molecular flexibility index (Phi) is 2.81. The summed E-state index contributed by atoms with van der Waals surface area (Å²) in [6.07, 6.45) is -3.36. The van der Waals surface area contributed by atoms with Crippen molar-refractivity contribution in [1.82, 2.24) is 4.98 Å². The number of carbonyl (C=O) groups is 1. The van der Waals surface area contributed by atoms with Crippen molar-refractivity contribution in [2.24, 2.45) is 0 Å². The molecular weight excluding hydrogens is 251 g/mol. The minimum absolute atomic E-state index is 0.0922. The lowest BCUT2D eigenvalue weighted by Crippen LogP contribution is -2.39. The highest BCUT2D eigenvalue weighted by Gasteiger charge is 2.57. The van der Waals surface area contributed by atoms with Gasteiger partial charge in [0.2, 0.25) is 0 Å². The normalized spacial score (nSPS) is 22.7. The largest absolute Gasteiger partial charge is 0.464 e. The molecule has 0 amide bonds. The van der Waals surface area contributed by atoms with Crippen LogP contribution in [0.25, 0.3) is 0 Å². The first-order valence-electron chi connectivity index (χ1n) is 5.08. The summed E-state index contributed by atoms with van der Waals surface area (Å²) in [6, 6.07) is 1.07. The van der Waals surface area contributed by atoms with E-state index < -0.39 is 17.7 Å². The molecular formula is C11H10F3NO3. The van der Waals surface area contributed by atoms with Gasteiger partial charge in [-0.3, -0.25) is 0 Å². The number of hydrogen-bond donors (Lipinski definition) is 0. The van der Waals surface area contributed by atoms with Crippen molar-refractivity contribution in [3.8, 4) is 0 Å². The number of rotatable bonds is 1. The molecule has 1 aromatic rings. The second-order valence-corrected chi connectivity index (χ2v) is 4.04. The summed E-state index contributed by atoms with van der Waals surface area (Å²) in [4.78, 5) is 15.0. The zero-order valence-corrected chi connectivity index (χ0v) is 9.67. The van der Waals surface area contributed by atoms with E-state index in [9.17, 15) is 18.0 Å². The van der Waals surface area contributed by atoms with E-state index in [1.807, 2.05) is 0 Å². The average Bonchev–Trinajstić information content (AvgIpc) is 2.66. The highest BCUT2D eigenvalue weighted by Crippen LogP contribution is 2.47. The molecule has 0 spiro atoms. The summed E-state index contributed by atoms with van der Waals surface area (Å²) < 4.78 is 48.2. The minimum atomic E-state index is -4.56. The second-order valence-electron chi connectivity index (χ2n) is 4.04. The number of nitrogens with zero attached hydrogens (tertiary/aromatic N) is 1. The summed E-state index contributed by atoms with van der Waals surface area (Å²) in [5, 5.41) is 0. The molecule has 0 aliphatic carbocycles. The summed E-state index contributed by atoms with van der Waals surface area (Å²) in [5.41, 5.74) is -2.35. The fourth-order valence-corrected chi connectivity index (χ4v) is 1.79. The van der Waals surface area contributed by atoms with Crippen LogP contribution in [0, 0.1) is 0 Å². The molecule has 0 N–H and O–H groups in total. The number of halogens is 3. The van der Waals surface area contributed by atoms with E-state index in [0.29, 0.717) is 5.56 Å². The predicted octanol–water partition coefficient (Wildman–Crippen LogP) is 2.18. The third-order valence-electron chi connectivity index (χ3n) is 2.95. The Labute approximate surface area is 101 Å². The lowest BCUT2D eigenvalue weighted by molar-refractivity contribution is -0.272. The molecule has 7 heteroatoms. The number of carbonyl (C=O) groups excluding carboxylic acids is 1. The number of pyridine rings is 1. The van der Waals surface area contributed by atoms with Crippen molar-refractivity contribution >= 4 is 5.97 Å². The van der Waals surface area contributed by atoms with Gasteiger partial charge in [-0.1, -0.05) is 0 Å². The van der Waals surface area contributed by atoms with Crippen molar-refractivity contribution in [1.29, 1.82) is 0 Å². The van der Waals surface area contributed by atoms with E-state index in [2.05, 4.69) is 9.72 Å². The SMILES string of the molecule is COC(=O)c1cc2c(cn1)COC2(C)C(F)(F)F. The maximum absolute atomic E-state index is 13.0. The first-order valence-corrected chi connectivity index (χ1v) is 5.08. The molecule has 1 aliphatic heterocycles. The quantitative estimate of drug-likeness (QED) is 0.727. The maximum atomic E-state index is 13.0. The van der Waals surface area contributed by atoms with Gasteiger partial charge >= 0.3 is 12.1 Å². The molecule has 0 fully saturated rings. The number of ether oxygens (including phenoxy) is 2. The number of fused-ring (bicyclic) bond motifs is 1. The highest BCUT2D eigenvalue weighted by atomic mass is 19.4. The van der Waals surface area contributed by atoms with Gasteiger partial charge in [0.1, 0.15) is 5.69 Å². The summed E-state index contributed by atoms with van der Waals surface area (Å²) >= 11 is 0. The van der Waals surface area contributed by atoms with Crippen LogP contribution in [0.15, 0.2) is 12.3 Å². The average molecular weight is 261 g/mol. The second kappa shape index (κ2) is 3.94. The summed E-state index contributed by atoms with van der Waals surface area (Å²) in [7, 11) is 1.14. The Balaban J connectivity index is 2.52. The highest BCUT2D eigenvalue weighted by molar-refractivity contribution is 5.87. The van der Waals surface area contributed by atoms with Gasteiger partial charge in [-0.15, -0.1) is 0 Å². The zero-order valence-electron chi connectivity index (χ0n) is 9.67. The number of methoxy groups -OCH3 is 1. The van der Waals surface area contributed by atoms with Gasteiger partial charge in [-0.25, -0.2) is 9.78 Å². The lowest BCUT2D eigenvalue weighted by Gasteiger charge is -2.27. The first-order chi connectivity index (χ1) is 8.29. The van der Waals surface area contributed by atoms with E-state index >= 15 is 0 Å². The fourth-order valence-electron chi connectivity index (χ4n) is 1.79. The van der Waals surface area contributed by atoms with Gasteiger partial charge in [0.15, 0.2) is 5.60 Å².